The Hall–Kier alpha value is -3.82. The normalized spacial score (nSPS) is 18.8. The van der Waals surface area contributed by atoms with Gasteiger partial charge in [-0.05, 0) is 42.3 Å². The van der Waals surface area contributed by atoms with Gasteiger partial charge >= 0.3 is 20.4 Å². The molecule has 4 rings (SSSR count). The minimum Gasteiger partial charge on any atom is -0.506 e. The quantitative estimate of drug-likeness (QED) is 0.360. The molecule has 0 spiro atoms. The number of amides is 2. The molecule has 2 saturated heterocycles. The molecule has 35 heavy (non-hydrogen) atoms. The van der Waals surface area contributed by atoms with Gasteiger partial charge in [0.25, 0.3) is 11.8 Å². The van der Waals surface area contributed by atoms with Gasteiger partial charge in [0.1, 0.15) is 24.6 Å². The summed E-state index contributed by atoms with van der Waals surface area (Å²) in [6, 6.07) is 8.48. The number of carbonyl (C=O) groups is 2. The van der Waals surface area contributed by atoms with Gasteiger partial charge in [-0.1, -0.05) is 24.8 Å². The molecule has 0 radical (unpaired) electrons. The molecule has 2 aliphatic rings. The average molecular weight is 527 g/mol. The Balaban J connectivity index is 0.000000196. The fourth-order valence-corrected chi connectivity index (χ4v) is 5.54. The van der Waals surface area contributed by atoms with Crippen LogP contribution in [0.4, 0.5) is 11.4 Å². The number of carbonyl (C=O) groups excluding carboxylic acids is 2. The number of aliphatic hydroxyl groups excluding tert-OH is 1. The molecule has 1 atom stereocenters. The van der Waals surface area contributed by atoms with E-state index in [2.05, 4.69) is 6.58 Å². The molecule has 15 heteroatoms. The molecule has 2 amide bonds. The number of hydrogen-bond acceptors (Lipinski definition) is 9. The van der Waals surface area contributed by atoms with E-state index in [0.29, 0.717) is 11.1 Å². The number of phenolic OH excluding ortho intramolecular Hbond substituents is 2. The molecule has 2 aromatic carbocycles. The third kappa shape index (κ3) is 5.47. The summed E-state index contributed by atoms with van der Waals surface area (Å²) in [6.45, 7) is 4.35. The highest BCUT2D eigenvalue weighted by molar-refractivity contribution is 7.92. The van der Waals surface area contributed by atoms with Gasteiger partial charge < -0.3 is 15.3 Å². The molecule has 1 unspecified atom stereocenters. The van der Waals surface area contributed by atoms with Crippen LogP contribution in [-0.4, -0.2) is 57.1 Å². The summed E-state index contributed by atoms with van der Waals surface area (Å²) in [6.07, 6.45) is 0.741. The van der Waals surface area contributed by atoms with Crippen molar-refractivity contribution in [1.82, 2.24) is 9.44 Å². The first kappa shape index (κ1) is 25.8. The molecule has 13 nitrogen and oxygen atoms in total. The van der Waals surface area contributed by atoms with Crippen molar-refractivity contribution in [3.05, 3.63) is 54.1 Å². The van der Waals surface area contributed by atoms with Gasteiger partial charge in [0.05, 0.1) is 17.5 Å². The maximum Gasteiger partial charge on any atom is 0.326 e. The van der Waals surface area contributed by atoms with Gasteiger partial charge in [0.2, 0.25) is 0 Å². The van der Waals surface area contributed by atoms with Crippen LogP contribution in [0.25, 0.3) is 6.08 Å². The van der Waals surface area contributed by atoms with Crippen molar-refractivity contribution in [1.29, 1.82) is 0 Å². The van der Waals surface area contributed by atoms with Gasteiger partial charge in [-0.25, -0.2) is 18.1 Å². The third-order valence-corrected chi connectivity index (χ3v) is 7.68. The molecule has 0 aliphatic carbocycles. The number of nitrogens with zero attached hydrogens (tertiary/aromatic N) is 2. The molecular weight excluding hydrogens is 504 g/mol. The van der Waals surface area contributed by atoms with Crippen LogP contribution in [-0.2, 0) is 30.0 Å². The molecule has 0 saturated carbocycles. The minimum atomic E-state index is -3.93. The van der Waals surface area contributed by atoms with E-state index in [4.69, 9.17) is 0 Å². The zero-order chi connectivity index (χ0) is 26.1. The monoisotopic (exact) mass is 526 g/mol. The molecule has 2 fully saturated rings. The molecular formula is C20H22N4O9S2. The van der Waals surface area contributed by atoms with Crippen molar-refractivity contribution in [3.63, 3.8) is 0 Å². The van der Waals surface area contributed by atoms with Crippen LogP contribution in [0.5, 0.6) is 11.5 Å². The smallest absolute Gasteiger partial charge is 0.326 e. The largest absolute Gasteiger partial charge is 0.506 e. The third-order valence-electron chi connectivity index (χ3n) is 4.89. The number of hydrogen-bond donors (Lipinski definition) is 5. The van der Waals surface area contributed by atoms with E-state index in [1.807, 2.05) is 4.72 Å². The van der Waals surface area contributed by atoms with Crippen LogP contribution < -0.4 is 18.1 Å². The van der Waals surface area contributed by atoms with Gasteiger partial charge in [-0.15, -0.1) is 0 Å². The van der Waals surface area contributed by atoms with Gasteiger partial charge in [-0.2, -0.15) is 16.8 Å². The van der Waals surface area contributed by atoms with Crippen molar-refractivity contribution >= 4 is 49.7 Å². The summed E-state index contributed by atoms with van der Waals surface area (Å²) < 4.78 is 51.5. The lowest BCUT2D eigenvalue weighted by atomic mass is 10.1. The number of benzene rings is 2. The SMILES string of the molecule is C=Cc1ccc(N2CC(=O)NS2(=O)=O)c(O)c1.CC(O)c1ccc(N2CC(=O)NS2(=O)=O)c(O)c1. The second-order valence-electron chi connectivity index (χ2n) is 7.45. The van der Waals surface area contributed by atoms with E-state index in [1.165, 1.54) is 43.3 Å². The van der Waals surface area contributed by atoms with E-state index >= 15 is 0 Å². The number of aliphatic hydroxyl groups is 1. The second kappa shape index (κ2) is 9.44. The van der Waals surface area contributed by atoms with Crippen molar-refractivity contribution in [2.24, 2.45) is 0 Å². The van der Waals surface area contributed by atoms with E-state index in [-0.39, 0.29) is 36.0 Å². The van der Waals surface area contributed by atoms with Crippen LogP contribution in [0.15, 0.2) is 43.0 Å². The van der Waals surface area contributed by atoms with Crippen LogP contribution in [0.3, 0.4) is 0 Å². The molecule has 0 bridgehead atoms. The van der Waals surface area contributed by atoms with E-state index < -0.39 is 38.3 Å². The number of anilines is 2. The van der Waals surface area contributed by atoms with E-state index in [1.54, 1.807) is 10.8 Å². The molecule has 2 heterocycles. The van der Waals surface area contributed by atoms with Crippen molar-refractivity contribution in [3.8, 4) is 11.5 Å². The number of aromatic hydroxyl groups is 2. The van der Waals surface area contributed by atoms with Gasteiger partial charge in [-0.3, -0.25) is 9.59 Å². The van der Waals surface area contributed by atoms with E-state index in [9.17, 15) is 41.7 Å². The van der Waals surface area contributed by atoms with E-state index in [0.717, 1.165) is 8.61 Å². The Labute approximate surface area is 201 Å². The highest BCUT2D eigenvalue weighted by Gasteiger charge is 2.36. The maximum atomic E-state index is 11.6. The number of phenols is 2. The first-order valence-corrected chi connectivity index (χ1v) is 12.8. The first-order chi connectivity index (χ1) is 16.2. The summed E-state index contributed by atoms with van der Waals surface area (Å²) in [5.74, 6) is -1.82. The van der Waals surface area contributed by atoms with Crippen LogP contribution in [0, 0.1) is 0 Å². The zero-order valence-electron chi connectivity index (χ0n) is 18.2. The lowest BCUT2D eigenvalue weighted by Gasteiger charge is -2.17. The summed E-state index contributed by atoms with van der Waals surface area (Å²) in [5.41, 5.74) is 1.17. The summed E-state index contributed by atoms with van der Waals surface area (Å²) in [4.78, 5) is 22.1. The fourth-order valence-electron chi connectivity index (χ4n) is 3.21. The average Bonchev–Trinajstić information content (AvgIpc) is 3.19. The predicted octanol–water partition coefficient (Wildman–Crippen LogP) is -0.157. The minimum absolute atomic E-state index is 0.00208. The lowest BCUT2D eigenvalue weighted by Crippen LogP contribution is -2.29. The van der Waals surface area contributed by atoms with Crippen LogP contribution >= 0.6 is 0 Å². The molecule has 0 aromatic heterocycles. The Kier molecular flexibility index (Phi) is 6.96. The number of nitrogens with one attached hydrogen (secondary N) is 2. The first-order valence-electron chi connectivity index (χ1n) is 9.88. The second-order valence-corrected chi connectivity index (χ2v) is 10.6. The van der Waals surface area contributed by atoms with Gasteiger partial charge in [0.15, 0.2) is 0 Å². The van der Waals surface area contributed by atoms with Crippen molar-refractivity contribution in [2.75, 3.05) is 21.7 Å². The Bertz CT molecular complexity index is 1410. The Morgan fingerprint density at radius 2 is 1.34 bits per heavy atom. The van der Waals surface area contributed by atoms with Crippen LogP contribution in [0.2, 0.25) is 0 Å². The summed E-state index contributed by atoms with van der Waals surface area (Å²) in [5, 5.41) is 28.8. The summed E-state index contributed by atoms with van der Waals surface area (Å²) in [7, 11) is -7.82. The molecule has 2 aromatic rings. The Morgan fingerprint density at radius 3 is 1.69 bits per heavy atom. The van der Waals surface area contributed by atoms with Crippen molar-refractivity contribution in [2.45, 2.75) is 13.0 Å². The summed E-state index contributed by atoms with van der Waals surface area (Å²) >= 11 is 0. The molecule has 188 valence electrons. The number of rotatable bonds is 4. The highest BCUT2D eigenvalue weighted by atomic mass is 32.2. The fraction of sp³-hybridized carbons (Fsp3) is 0.200. The van der Waals surface area contributed by atoms with Crippen LogP contribution in [0.1, 0.15) is 24.2 Å². The molecule has 5 N–H and O–H groups in total. The lowest BCUT2D eigenvalue weighted by molar-refractivity contribution is -0.118. The maximum absolute atomic E-state index is 11.6. The molecule has 2 aliphatic heterocycles. The topological polar surface area (TPSA) is 194 Å². The standard InChI is InChI=1S/C10H12N2O5S.C10H10N2O4S/c1-6(13)7-2-3-8(9(14)4-7)12-5-10(15)11-18(12,16)17;1-2-7-3-4-8(9(13)5-7)12-6-10(14)11-17(12,15)16/h2-4,6,13-14H,5H2,1H3,(H,11,15);2-5,13H,1,6H2,(H,11,14). The predicted molar refractivity (Wildman–Crippen MR) is 126 cm³/mol. The highest BCUT2D eigenvalue weighted by Crippen LogP contribution is 2.33. The Morgan fingerprint density at radius 1 is 0.886 bits per heavy atom. The zero-order valence-corrected chi connectivity index (χ0v) is 19.9. The van der Waals surface area contributed by atoms with Gasteiger partial charge in [0, 0.05) is 0 Å². The van der Waals surface area contributed by atoms with Crippen molar-refractivity contribution < 1.29 is 41.7 Å².